The van der Waals surface area contributed by atoms with Crippen LogP contribution in [-0.4, -0.2) is 47.4 Å². The van der Waals surface area contributed by atoms with Crippen LogP contribution in [0, 0.1) is 0 Å². The summed E-state index contributed by atoms with van der Waals surface area (Å²) in [6, 6.07) is -0.542. The van der Waals surface area contributed by atoms with Crippen molar-refractivity contribution in [1.82, 2.24) is 5.32 Å². The maximum Gasteiger partial charge on any atom is 0.305 e. The summed E-state index contributed by atoms with van der Waals surface area (Å²) in [4.78, 5) is 24.6. The molecule has 6 heteroatoms. The largest absolute Gasteiger partial charge is 0.466 e. The summed E-state index contributed by atoms with van der Waals surface area (Å²) in [6.45, 7) is 4.98. The first-order valence-corrected chi connectivity index (χ1v) is 37.2. The summed E-state index contributed by atoms with van der Waals surface area (Å²) in [7, 11) is 0. The Bertz CT molecular complexity index is 1330. The van der Waals surface area contributed by atoms with E-state index in [1.165, 1.54) is 327 Å². The summed E-state index contributed by atoms with van der Waals surface area (Å²) in [5.74, 6) is -0.0246. The average Bonchev–Trinajstić information content (AvgIpc) is 3.48. The summed E-state index contributed by atoms with van der Waals surface area (Å²) >= 11 is 0. The molecule has 1 amide bonds. The maximum absolute atomic E-state index is 12.5. The summed E-state index contributed by atoms with van der Waals surface area (Å²) in [5, 5.41) is 23.4. The van der Waals surface area contributed by atoms with Gasteiger partial charge in [0.05, 0.1) is 25.4 Å². The first kappa shape index (κ1) is 80.1. The maximum atomic E-state index is 12.5. The van der Waals surface area contributed by atoms with Crippen LogP contribution in [0.25, 0.3) is 0 Å². The third-order valence-corrected chi connectivity index (χ3v) is 17.4. The predicted molar refractivity (Wildman–Crippen MR) is 361 cm³/mol. The highest BCUT2D eigenvalue weighted by Crippen LogP contribution is 2.19. The second-order valence-corrected chi connectivity index (χ2v) is 25.6. The molecule has 0 aromatic rings. The Morgan fingerprint density at radius 3 is 0.939 bits per heavy atom. The molecule has 0 aliphatic carbocycles. The number of allylic oxidation sites excluding steroid dienone is 6. The van der Waals surface area contributed by atoms with Gasteiger partial charge >= 0.3 is 5.97 Å². The Hall–Kier alpha value is -1.92. The van der Waals surface area contributed by atoms with Crippen LogP contribution in [0.1, 0.15) is 412 Å². The number of ether oxygens (including phenoxy) is 1. The van der Waals surface area contributed by atoms with Crippen molar-refractivity contribution in [3.8, 4) is 0 Å². The fraction of sp³-hybridized carbons (Fsp3) is 0.895. The van der Waals surface area contributed by atoms with Gasteiger partial charge in [-0.1, -0.05) is 352 Å². The zero-order valence-corrected chi connectivity index (χ0v) is 55.5. The summed E-state index contributed by atoms with van der Waals surface area (Å²) < 4.78 is 5.49. The van der Waals surface area contributed by atoms with E-state index in [9.17, 15) is 19.8 Å². The molecule has 3 N–H and O–H groups in total. The Labute approximate surface area is 513 Å². The second kappa shape index (κ2) is 71.6. The van der Waals surface area contributed by atoms with E-state index in [2.05, 4.69) is 55.6 Å². The first-order valence-electron chi connectivity index (χ1n) is 37.2. The molecule has 0 aromatic heterocycles. The molecule has 2 unspecified atom stereocenters. The van der Waals surface area contributed by atoms with Crippen LogP contribution in [0.3, 0.4) is 0 Å². The molecule has 82 heavy (non-hydrogen) atoms. The highest BCUT2D eigenvalue weighted by Gasteiger charge is 2.20. The van der Waals surface area contributed by atoms with Crippen molar-refractivity contribution < 1.29 is 24.5 Å². The monoisotopic (exact) mass is 1150 g/mol. The Morgan fingerprint density at radius 1 is 0.341 bits per heavy atom. The minimum absolute atomic E-state index is 0.00581. The minimum Gasteiger partial charge on any atom is -0.466 e. The van der Waals surface area contributed by atoms with Crippen molar-refractivity contribution in [3.63, 3.8) is 0 Å². The number of hydrogen-bond acceptors (Lipinski definition) is 5. The SMILES string of the molecule is CCCCCCCC/C=C\CCCCCCCC(=O)OCCCCCCCCCCC/C=C\C/C=C\CCCCCCCCCCCCCCCCCC(=O)NC(CO)C(O)CCCCCCCCCCCCCCCCCCCCC. The molecule has 0 rings (SSSR count). The number of unbranched alkanes of at least 4 members (excludes halogenated alkanes) is 53. The minimum atomic E-state index is -0.665. The standard InChI is InChI=1S/C76H145NO5/c1-3-5-7-9-11-13-15-17-19-20-34-37-41-44-48-52-56-60-64-68-74(79)73(72-78)77-75(80)69-65-61-57-53-49-45-42-38-35-32-30-28-26-24-22-21-23-25-27-29-31-33-36-39-43-47-51-55-59-63-67-71-82-76(81)70-66-62-58-54-50-46-40-18-16-14-12-10-8-6-4-2/h18,23,25,29,31,40,73-74,78-79H,3-17,19-22,24,26-28,30,32-39,41-72H2,1-2H3,(H,77,80)/b25-23-,31-29-,40-18-. The molecule has 0 spiro atoms. The van der Waals surface area contributed by atoms with Gasteiger partial charge in [0.25, 0.3) is 0 Å². The lowest BCUT2D eigenvalue weighted by molar-refractivity contribution is -0.143. The fourth-order valence-corrected chi connectivity index (χ4v) is 11.7. The lowest BCUT2D eigenvalue weighted by atomic mass is 10.0. The van der Waals surface area contributed by atoms with Crippen LogP contribution in [0.2, 0.25) is 0 Å². The molecule has 0 radical (unpaired) electrons. The summed E-state index contributed by atoms with van der Waals surface area (Å²) in [5.41, 5.74) is 0. The van der Waals surface area contributed by atoms with Gasteiger partial charge in [-0.05, 0) is 83.5 Å². The Kier molecular flexibility index (Phi) is 69.9. The van der Waals surface area contributed by atoms with Crippen LogP contribution in [-0.2, 0) is 14.3 Å². The molecular formula is C76H145NO5. The molecule has 484 valence electrons. The molecule has 0 bridgehead atoms. The average molecular weight is 1150 g/mol. The van der Waals surface area contributed by atoms with Crippen LogP contribution >= 0.6 is 0 Å². The molecule has 6 nitrogen and oxygen atoms in total. The van der Waals surface area contributed by atoms with Crippen molar-refractivity contribution >= 4 is 11.9 Å². The second-order valence-electron chi connectivity index (χ2n) is 25.6. The van der Waals surface area contributed by atoms with Gasteiger partial charge < -0.3 is 20.3 Å². The van der Waals surface area contributed by atoms with Crippen LogP contribution < -0.4 is 5.32 Å². The molecular weight excluding hydrogens is 1010 g/mol. The van der Waals surface area contributed by atoms with Crippen molar-refractivity contribution in [2.45, 2.75) is 424 Å². The van der Waals surface area contributed by atoms with E-state index >= 15 is 0 Å². The fourth-order valence-electron chi connectivity index (χ4n) is 11.7. The zero-order chi connectivity index (χ0) is 59.2. The predicted octanol–water partition coefficient (Wildman–Crippen LogP) is 24.3. The van der Waals surface area contributed by atoms with Gasteiger partial charge in [-0.15, -0.1) is 0 Å². The number of aliphatic hydroxyl groups excluding tert-OH is 2. The van der Waals surface area contributed by atoms with E-state index in [4.69, 9.17) is 4.74 Å². The Balaban J connectivity index is 3.39. The van der Waals surface area contributed by atoms with Gasteiger partial charge in [0, 0.05) is 12.8 Å². The van der Waals surface area contributed by atoms with Crippen molar-refractivity contribution in [2.75, 3.05) is 13.2 Å². The van der Waals surface area contributed by atoms with Crippen LogP contribution in [0.4, 0.5) is 0 Å². The van der Waals surface area contributed by atoms with Crippen LogP contribution in [0.5, 0.6) is 0 Å². The highest BCUT2D eigenvalue weighted by molar-refractivity contribution is 5.76. The van der Waals surface area contributed by atoms with Crippen LogP contribution in [0.15, 0.2) is 36.5 Å². The number of amides is 1. The third kappa shape index (κ3) is 67.2. The van der Waals surface area contributed by atoms with Crippen molar-refractivity contribution in [1.29, 1.82) is 0 Å². The van der Waals surface area contributed by atoms with Crippen molar-refractivity contribution in [3.05, 3.63) is 36.5 Å². The van der Waals surface area contributed by atoms with Gasteiger partial charge in [0.2, 0.25) is 5.91 Å². The van der Waals surface area contributed by atoms with E-state index in [0.717, 1.165) is 51.4 Å². The van der Waals surface area contributed by atoms with E-state index in [0.29, 0.717) is 25.9 Å². The van der Waals surface area contributed by atoms with E-state index in [-0.39, 0.29) is 18.5 Å². The van der Waals surface area contributed by atoms with Gasteiger partial charge in [0.1, 0.15) is 0 Å². The highest BCUT2D eigenvalue weighted by atomic mass is 16.5. The van der Waals surface area contributed by atoms with Crippen molar-refractivity contribution in [2.24, 2.45) is 0 Å². The molecule has 0 aromatic carbocycles. The lowest BCUT2D eigenvalue weighted by Crippen LogP contribution is -2.45. The normalized spacial score (nSPS) is 12.7. The zero-order valence-electron chi connectivity index (χ0n) is 55.5. The molecule has 0 aliphatic rings. The van der Waals surface area contributed by atoms with E-state index < -0.39 is 12.1 Å². The molecule has 0 heterocycles. The molecule has 0 saturated carbocycles. The van der Waals surface area contributed by atoms with Gasteiger partial charge in [-0.25, -0.2) is 0 Å². The lowest BCUT2D eigenvalue weighted by Gasteiger charge is -2.22. The number of carbonyl (C=O) groups is 2. The molecule has 2 atom stereocenters. The quantitative estimate of drug-likeness (QED) is 0.0320. The molecule has 0 fully saturated rings. The first-order chi connectivity index (χ1) is 40.5. The number of hydrogen-bond donors (Lipinski definition) is 3. The number of nitrogens with one attached hydrogen (secondary N) is 1. The van der Waals surface area contributed by atoms with E-state index in [1.807, 2.05) is 0 Å². The number of rotatable bonds is 70. The number of esters is 1. The number of aliphatic hydroxyl groups is 2. The van der Waals surface area contributed by atoms with Gasteiger partial charge in [-0.3, -0.25) is 9.59 Å². The Morgan fingerprint density at radius 2 is 0.610 bits per heavy atom. The summed E-state index contributed by atoms with van der Waals surface area (Å²) in [6.07, 6.45) is 92.1. The van der Waals surface area contributed by atoms with Gasteiger partial charge in [0.15, 0.2) is 0 Å². The molecule has 0 saturated heterocycles. The topological polar surface area (TPSA) is 95.9 Å². The molecule has 0 aliphatic heterocycles. The van der Waals surface area contributed by atoms with E-state index in [1.54, 1.807) is 0 Å². The number of carbonyl (C=O) groups excluding carboxylic acids is 2. The smallest absolute Gasteiger partial charge is 0.305 e. The third-order valence-electron chi connectivity index (χ3n) is 17.4. The van der Waals surface area contributed by atoms with Gasteiger partial charge in [-0.2, -0.15) is 0 Å².